The molecule has 7 heteroatoms. The number of oxime groups is 1. The van der Waals surface area contributed by atoms with Crippen molar-refractivity contribution in [2.45, 2.75) is 64.5 Å². The van der Waals surface area contributed by atoms with Gasteiger partial charge < -0.3 is 18.9 Å². The Morgan fingerprint density at radius 3 is 1.09 bits per heavy atom. The van der Waals surface area contributed by atoms with E-state index in [-0.39, 0.29) is 10.1 Å². The van der Waals surface area contributed by atoms with Gasteiger partial charge in [0.15, 0.2) is 0 Å². The summed E-state index contributed by atoms with van der Waals surface area (Å²) in [6.07, 6.45) is 3.45. The average molecular weight is 640 g/mol. The summed E-state index contributed by atoms with van der Waals surface area (Å²) < 4.78 is 13.1. The van der Waals surface area contributed by atoms with Crippen LogP contribution in [0.2, 0.25) is 10.1 Å². The Bertz CT molecular complexity index is 1360. The summed E-state index contributed by atoms with van der Waals surface area (Å²) in [5.41, 5.74) is 0. The molecule has 0 amide bonds. The molecule has 0 unspecified atom stereocenters. The highest BCUT2D eigenvalue weighted by molar-refractivity contribution is 7.00. The molecule has 5 nitrogen and oxygen atoms in total. The van der Waals surface area contributed by atoms with E-state index in [1.54, 1.807) is 0 Å². The third-order valence-electron chi connectivity index (χ3n) is 8.04. The number of aldehydes is 1. The van der Waals surface area contributed by atoms with Gasteiger partial charge in [0.25, 0.3) is 16.6 Å². The Labute approximate surface area is 272 Å². The van der Waals surface area contributed by atoms with Crippen LogP contribution in [0.5, 0.6) is 0 Å². The first-order chi connectivity index (χ1) is 21.5. The molecule has 0 aromatic heterocycles. The summed E-state index contributed by atoms with van der Waals surface area (Å²) in [5.74, 6) is 0. The maximum Gasteiger partial charge on any atom is 0.261 e. The lowest BCUT2D eigenvalue weighted by Gasteiger charge is -2.43. The zero-order chi connectivity index (χ0) is 32.8. The molecule has 0 aliphatic rings. The fourth-order valence-corrected chi connectivity index (χ4v) is 15.3. The Morgan fingerprint density at radius 1 is 0.556 bits per heavy atom. The van der Waals surface area contributed by atoms with Gasteiger partial charge in [-0.1, -0.05) is 163 Å². The molecule has 0 radical (unpaired) electrons. The molecular formula is C38H49NO4Si2. The van der Waals surface area contributed by atoms with Crippen LogP contribution in [0.15, 0.2) is 126 Å². The lowest BCUT2D eigenvalue weighted by Crippen LogP contribution is -2.66. The maximum atomic E-state index is 10.7. The molecule has 4 aromatic rings. The number of carbonyl (C=O) groups is 1. The minimum atomic E-state index is -2.45. The van der Waals surface area contributed by atoms with Crippen LogP contribution in [-0.4, -0.2) is 47.6 Å². The summed E-state index contributed by atoms with van der Waals surface area (Å²) >= 11 is 0. The largest absolute Gasteiger partial charge is 0.411 e. The van der Waals surface area contributed by atoms with Crippen LogP contribution >= 0.6 is 0 Å². The monoisotopic (exact) mass is 639 g/mol. The zero-order valence-corrected chi connectivity index (χ0v) is 29.6. The van der Waals surface area contributed by atoms with Gasteiger partial charge in [0, 0.05) is 32.3 Å². The predicted octanol–water partition coefficient (Wildman–Crippen LogP) is 6.57. The van der Waals surface area contributed by atoms with Crippen LogP contribution in [0.25, 0.3) is 0 Å². The molecule has 1 N–H and O–H groups in total. The van der Waals surface area contributed by atoms with Crippen molar-refractivity contribution in [2.24, 2.45) is 5.16 Å². The number of hydrogen-bond acceptors (Lipinski definition) is 5. The molecular weight excluding hydrogens is 591 g/mol. The predicted molar refractivity (Wildman–Crippen MR) is 193 cm³/mol. The molecule has 0 bridgehead atoms. The minimum Gasteiger partial charge on any atom is -0.411 e. The van der Waals surface area contributed by atoms with Gasteiger partial charge >= 0.3 is 0 Å². The van der Waals surface area contributed by atoms with E-state index in [1.807, 2.05) is 24.3 Å². The van der Waals surface area contributed by atoms with Crippen molar-refractivity contribution in [3.05, 3.63) is 121 Å². The van der Waals surface area contributed by atoms with Crippen molar-refractivity contribution in [1.29, 1.82) is 0 Å². The Kier molecular flexibility index (Phi) is 13.2. The first-order valence-corrected chi connectivity index (χ1v) is 19.5. The van der Waals surface area contributed by atoms with Crippen LogP contribution < -0.4 is 20.7 Å². The van der Waals surface area contributed by atoms with Crippen LogP contribution in [0.1, 0.15) is 54.4 Å². The van der Waals surface area contributed by atoms with E-state index in [0.29, 0.717) is 26.1 Å². The van der Waals surface area contributed by atoms with Crippen LogP contribution in [0.4, 0.5) is 0 Å². The van der Waals surface area contributed by atoms with Gasteiger partial charge in [-0.3, -0.25) is 0 Å². The SMILES string of the molecule is CC(C)(C)[Si](OCC/C=N/O)(c1ccccc1)c1ccccc1.CC(C)(C)[Si](OCCC=O)(c1ccccc1)c1ccccc1. The van der Waals surface area contributed by atoms with Gasteiger partial charge in [-0.15, -0.1) is 5.16 Å². The first-order valence-electron chi connectivity index (χ1n) is 15.6. The highest BCUT2D eigenvalue weighted by Crippen LogP contribution is 2.37. The summed E-state index contributed by atoms with van der Waals surface area (Å²) in [6, 6.07) is 42.0. The molecule has 4 rings (SSSR count). The number of rotatable bonds is 12. The van der Waals surface area contributed by atoms with E-state index in [1.165, 1.54) is 27.0 Å². The molecule has 0 fully saturated rings. The van der Waals surface area contributed by atoms with Crippen molar-refractivity contribution in [3.63, 3.8) is 0 Å². The van der Waals surface area contributed by atoms with Gasteiger partial charge in [0.2, 0.25) is 0 Å². The molecule has 45 heavy (non-hydrogen) atoms. The van der Waals surface area contributed by atoms with E-state index < -0.39 is 16.6 Å². The summed E-state index contributed by atoms with van der Waals surface area (Å²) in [4.78, 5) is 10.7. The van der Waals surface area contributed by atoms with E-state index in [2.05, 4.69) is 144 Å². The topological polar surface area (TPSA) is 68.1 Å². The number of hydrogen-bond donors (Lipinski definition) is 1. The minimum absolute atomic E-state index is 0.0218. The Morgan fingerprint density at radius 2 is 0.844 bits per heavy atom. The normalized spacial score (nSPS) is 12.4. The number of nitrogens with zero attached hydrogens (tertiary/aromatic N) is 1. The number of benzene rings is 4. The van der Waals surface area contributed by atoms with Crippen LogP contribution in [0, 0.1) is 0 Å². The van der Waals surface area contributed by atoms with Gasteiger partial charge in [-0.05, 0) is 30.8 Å². The second-order valence-electron chi connectivity index (χ2n) is 13.1. The molecule has 0 heterocycles. The van der Waals surface area contributed by atoms with Crippen molar-refractivity contribution in [2.75, 3.05) is 13.2 Å². The Hall–Kier alpha value is -3.63. The highest BCUT2D eigenvalue weighted by atomic mass is 28.4. The third-order valence-corrected chi connectivity index (χ3v) is 18.1. The van der Waals surface area contributed by atoms with Crippen LogP contribution in [0.3, 0.4) is 0 Å². The second-order valence-corrected chi connectivity index (χ2v) is 21.7. The summed E-state index contributed by atoms with van der Waals surface area (Å²) in [6.45, 7) is 14.5. The van der Waals surface area contributed by atoms with Crippen LogP contribution in [-0.2, 0) is 13.6 Å². The number of carbonyl (C=O) groups excluding carboxylic acids is 1. The molecule has 4 aromatic carbocycles. The standard InChI is InChI=1S/C19H25NO2Si.C19H24O2Si/c1-19(2,3)23(22-16-10-15-20-21,17-11-6-4-7-12-17)18-13-8-5-9-14-18;1-19(2,3)22(21-16-10-15-20,17-11-6-4-7-12-17)18-13-8-5-9-14-18/h4-9,11-15,21H,10,16H2,1-3H3;4-9,11-15H,10,16H2,1-3H3/b20-15+;. The van der Waals surface area contributed by atoms with Crippen molar-refractivity contribution in [3.8, 4) is 0 Å². The van der Waals surface area contributed by atoms with Crippen molar-refractivity contribution in [1.82, 2.24) is 0 Å². The quantitative estimate of drug-likeness (QED) is 0.0476. The van der Waals surface area contributed by atoms with Gasteiger partial charge in [0.05, 0.1) is 0 Å². The van der Waals surface area contributed by atoms with E-state index >= 15 is 0 Å². The van der Waals surface area contributed by atoms with Gasteiger partial charge in [-0.25, -0.2) is 0 Å². The van der Waals surface area contributed by atoms with Gasteiger partial charge in [0.1, 0.15) is 6.29 Å². The average Bonchev–Trinajstić information content (AvgIpc) is 3.04. The summed E-state index contributed by atoms with van der Waals surface area (Å²) in [5, 5.41) is 16.7. The first kappa shape index (κ1) is 35.8. The Balaban J connectivity index is 0.000000246. The van der Waals surface area contributed by atoms with E-state index in [0.717, 1.165) is 6.29 Å². The third kappa shape index (κ3) is 8.55. The lowest BCUT2D eigenvalue weighted by molar-refractivity contribution is -0.108. The van der Waals surface area contributed by atoms with Gasteiger partial charge in [-0.2, -0.15) is 0 Å². The van der Waals surface area contributed by atoms with Crippen molar-refractivity contribution < 1.29 is 18.9 Å². The van der Waals surface area contributed by atoms with E-state index in [9.17, 15) is 4.79 Å². The molecule has 0 aliphatic carbocycles. The fraction of sp³-hybridized carbons (Fsp3) is 0.316. The molecule has 0 aliphatic heterocycles. The smallest absolute Gasteiger partial charge is 0.261 e. The molecule has 0 saturated heterocycles. The summed E-state index contributed by atoms with van der Waals surface area (Å²) in [7, 11) is -4.89. The molecule has 0 saturated carbocycles. The highest BCUT2D eigenvalue weighted by Gasteiger charge is 2.51. The lowest BCUT2D eigenvalue weighted by atomic mass is 10.2. The van der Waals surface area contributed by atoms with Crippen molar-refractivity contribution >= 4 is 49.9 Å². The molecule has 0 spiro atoms. The maximum absolute atomic E-state index is 10.7. The molecule has 0 atom stereocenters. The van der Waals surface area contributed by atoms with E-state index in [4.69, 9.17) is 14.1 Å². The fourth-order valence-electron chi connectivity index (χ4n) is 6.11. The second kappa shape index (κ2) is 16.6. The zero-order valence-electron chi connectivity index (χ0n) is 27.6. The molecule has 238 valence electrons.